The number of fused-ring (bicyclic) bond motifs is 2. The zero-order chi connectivity index (χ0) is 22.7. The average Bonchev–Trinajstić information content (AvgIpc) is 3.41. The Kier molecular flexibility index (Phi) is 6.48. The van der Waals surface area contributed by atoms with E-state index in [0.29, 0.717) is 12.5 Å². The van der Waals surface area contributed by atoms with Gasteiger partial charge < -0.3 is 14.4 Å². The Labute approximate surface area is 183 Å². The van der Waals surface area contributed by atoms with Gasteiger partial charge in [0.25, 0.3) is 0 Å². The van der Waals surface area contributed by atoms with Crippen molar-refractivity contribution >= 4 is 16.7 Å². The first-order valence-corrected chi connectivity index (χ1v) is 10.4. The molecule has 5 rings (SSSR count). The number of ether oxygens (including phenoxy) is 1. The number of carbonyl (C=O) groups is 1. The van der Waals surface area contributed by atoms with E-state index < -0.39 is 12.1 Å². The van der Waals surface area contributed by atoms with Gasteiger partial charge in [-0.2, -0.15) is 13.2 Å². The van der Waals surface area contributed by atoms with Crippen LogP contribution in [0.2, 0.25) is 0 Å². The minimum atomic E-state index is -5.08. The van der Waals surface area contributed by atoms with Crippen molar-refractivity contribution in [2.24, 2.45) is 0 Å². The van der Waals surface area contributed by atoms with Crippen LogP contribution in [-0.4, -0.2) is 51.4 Å². The van der Waals surface area contributed by atoms with E-state index in [1.54, 1.807) is 0 Å². The number of carboxylic acids is 1. The van der Waals surface area contributed by atoms with E-state index in [0.717, 1.165) is 38.6 Å². The lowest BCUT2D eigenvalue weighted by atomic mass is 9.93. The fourth-order valence-electron chi connectivity index (χ4n) is 4.35. The quantitative estimate of drug-likeness (QED) is 0.652. The number of benzene rings is 2. The van der Waals surface area contributed by atoms with E-state index in [1.807, 2.05) is 6.20 Å². The van der Waals surface area contributed by atoms with Crippen molar-refractivity contribution in [3.8, 4) is 0 Å². The van der Waals surface area contributed by atoms with Crippen LogP contribution in [0, 0.1) is 0 Å². The second-order valence-corrected chi connectivity index (χ2v) is 7.96. The summed E-state index contributed by atoms with van der Waals surface area (Å²) >= 11 is 0. The van der Waals surface area contributed by atoms with Gasteiger partial charge in [-0.1, -0.05) is 42.5 Å². The molecule has 0 saturated carbocycles. The molecule has 0 aliphatic carbocycles. The molecule has 32 heavy (non-hydrogen) atoms. The number of imidazole rings is 1. The summed E-state index contributed by atoms with van der Waals surface area (Å²) in [5.41, 5.74) is 2.83. The Bertz CT molecular complexity index is 1090. The molecule has 3 heterocycles. The van der Waals surface area contributed by atoms with Gasteiger partial charge in [-0.3, -0.25) is 4.90 Å². The zero-order valence-electron chi connectivity index (χ0n) is 17.4. The monoisotopic (exact) mass is 447 g/mol. The van der Waals surface area contributed by atoms with Crippen molar-refractivity contribution in [2.45, 2.75) is 38.2 Å². The predicted octanol–water partition coefficient (Wildman–Crippen LogP) is 4.19. The van der Waals surface area contributed by atoms with Crippen LogP contribution in [0.3, 0.4) is 0 Å². The number of likely N-dealkylation sites (tertiary alicyclic amines) is 1. The molecule has 1 unspecified atom stereocenters. The summed E-state index contributed by atoms with van der Waals surface area (Å²) in [5.74, 6) is -1.06. The van der Waals surface area contributed by atoms with Crippen LogP contribution in [0.15, 0.2) is 48.7 Å². The van der Waals surface area contributed by atoms with E-state index in [9.17, 15) is 13.2 Å². The van der Waals surface area contributed by atoms with Crippen LogP contribution in [0.1, 0.15) is 29.4 Å². The first-order chi connectivity index (χ1) is 15.3. The summed E-state index contributed by atoms with van der Waals surface area (Å²) in [5, 5.41) is 9.89. The lowest BCUT2D eigenvalue weighted by molar-refractivity contribution is -0.192. The third kappa shape index (κ3) is 4.94. The molecule has 0 amide bonds. The average molecular weight is 447 g/mol. The second kappa shape index (κ2) is 9.30. The zero-order valence-corrected chi connectivity index (χ0v) is 17.4. The maximum Gasteiger partial charge on any atom is 0.490 e. The standard InChI is InChI=1S/C21H23N3O.C2HF3O2/c1-2-6-19-16(4-1)5-3-7-20(19)17-8-9-23(13-17)14-18-12-22-21-15-25-11-10-24(18)21;3-2(4,5)1(6)7/h1-7,12,17H,8-11,13-15H2;(H,6,7). The highest BCUT2D eigenvalue weighted by molar-refractivity contribution is 5.86. The van der Waals surface area contributed by atoms with Crippen molar-refractivity contribution in [2.75, 3.05) is 19.7 Å². The molecule has 6 nitrogen and oxygen atoms in total. The first kappa shape index (κ1) is 22.3. The van der Waals surface area contributed by atoms with Crippen molar-refractivity contribution < 1.29 is 27.8 Å². The molecule has 2 aliphatic rings. The largest absolute Gasteiger partial charge is 0.490 e. The number of nitrogens with zero attached hydrogens (tertiary/aromatic N) is 3. The Hall–Kier alpha value is -2.91. The molecule has 0 spiro atoms. The molecule has 1 fully saturated rings. The summed E-state index contributed by atoms with van der Waals surface area (Å²) in [6, 6.07) is 15.5. The fourth-order valence-corrected chi connectivity index (χ4v) is 4.35. The van der Waals surface area contributed by atoms with Gasteiger partial charge >= 0.3 is 12.1 Å². The van der Waals surface area contributed by atoms with Crippen LogP contribution >= 0.6 is 0 Å². The maximum absolute atomic E-state index is 10.6. The normalized spacial score (nSPS) is 18.8. The van der Waals surface area contributed by atoms with Crippen LogP contribution < -0.4 is 0 Å². The van der Waals surface area contributed by atoms with Gasteiger partial charge in [0.05, 0.1) is 12.3 Å². The predicted molar refractivity (Wildman–Crippen MR) is 112 cm³/mol. The van der Waals surface area contributed by atoms with E-state index in [2.05, 4.69) is 56.9 Å². The van der Waals surface area contributed by atoms with Crippen LogP contribution in [0.4, 0.5) is 13.2 Å². The molecule has 2 aliphatic heterocycles. The number of hydrogen-bond acceptors (Lipinski definition) is 4. The molecule has 170 valence electrons. The number of carboxylic acid groups (broad SMARTS) is 1. The van der Waals surface area contributed by atoms with Gasteiger partial charge in [0.15, 0.2) is 0 Å². The molecule has 3 aromatic rings. The smallest absolute Gasteiger partial charge is 0.475 e. The van der Waals surface area contributed by atoms with E-state index >= 15 is 0 Å². The van der Waals surface area contributed by atoms with Crippen LogP contribution in [0.5, 0.6) is 0 Å². The molecule has 1 saturated heterocycles. The maximum atomic E-state index is 10.6. The fraction of sp³-hybridized carbons (Fsp3) is 0.391. The minimum Gasteiger partial charge on any atom is -0.475 e. The van der Waals surface area contributed by atoms with Crippen LogP contribution in [-0.2, 0) is 29.2 Å². The third-order valence-corrected chi connectivity index (χ3v) is 5.87. The van der Waals surface area contributed by atoms with Gasteiger partial charge in [-0.05, 0) is 35.2 Å². The topological polar surface area (TPSA) is 67.6 Å². The molecule has 0 radical (unpaired) electrons. The van der Waals surface area contributed by atoms with Gasteiger partial charge in [-0.15, -0.1) is 0 Å². The second-order valence-electron chi connectivity index (χ2n) is 7.96. The number of rotatable bonds is 3. The van der Waals surface area contributed by atoms with Gasteiger partial charge in [0.2, 0.25) is 0 Å². The SMILES string of the molecule is O=C(O)C(F)(F)F.c1ccc2c(C3CCN(Cc4cnc5n4CCOC5)C3)cccc2c1. The number of alkyl halides is 3. The Morgan fingerprint density at radius 3 is 2.69 bits per heavy atom. The summed E-state index contributed by atoms with van der Waals surface area (Å²) in [7, 11) is 0. The lowest BCUT2D eigenvalue weighted by Gasteiger charge is -2.21. The molecular weight excluding hydrogens is 423 g/mol. The minimum absolute atomic E-state index is 0.623. The highest BCUT2D eigenvalue weighted by atomic mass is 19.4. The van der Waals surface area contributed by atoms with Gasteiger partial charge in [-0.25, -0.2) is 9.78 Å². The van der Waals surface area contributed by atoms with Crippen molar-refractivity contribution in [3.63, 3.8) is 0 Å². The van der Waals surface area contributed by atoms with Crippen molar-refractivity contribution in [1.29, 1.82) is 0 Å². The molecule has 0 bridgehead atoms. The van der Waals surface area contributed by atoms with E-state index in [-0.39, 0.29) is 0 Å². The third-order valence-electron chi connectivity index (χ3n) is 5.87. The molecule has 1 atom stereocenters. The summed E-state index contributed by atoms with van der Waals surface area (Å²) < 4.78 is 39.6. The molecular formula is C23H24F3N3O3. The molecule has 1 N–H and O–H groups in total. The van der Waals surface area contributed by atoms with Gasteiger partial charge in [0, 0.05) is 25.8 Å². The summed E-state index contributed by atoms with van der Waals surface area (Å²) in [6.07, 6.45) is -1.81. The first-order valence-electron chi connectivity index (χ1n) is 10.4. The highest BCUT2D eigenvalue weighted by Gasteiger charge is 2.38. The summed E-state index contributed by atoms with van der Waals surface area (Å²) in [6.45, 7) is 5.67. The highest BCUT2D eigenvalue weighted by Crippen LogP contribution is 2.33. The molecule has 1 aromatic heterocycles. The van der Waals surface area contributed by atoms with Crippen molar-refractivity contribution in [1.82, 2.24) is 14.5 Å². The van der Waals surface area contributed by atoms with Gasteiger partial charge in [0.1, 0.15) is 12.4 Å². The number of aliphatic carboxylic acids is 1. The Balaban J connectivity index is 0.000000307. The summed E-state index contributed by atoms with van der Waals surface area (Å²) in [4.78, 5) is 16.0. The van der Waals surface area contributed by atoms with Crippen LogP contribution in [0.25, 0.3) is 10.8 Å². The molecule has 2 aromatic carbocycles. The van der Waals surface area contributed by atoms with E-state index in [1.165, 1.54) is 28.5 Å². The Morgan fingerprint density at radius 2 is 1.91 bits per heavy atom. The lowest BCUT2D eigenvalue weighted by Crippen LogP contribution is -2.24. The Morgan fingerprint density at radius 1 is 1.16 bits per heavy atom. The number of aromatic nitrogens is 2. The van der Waals surface area contributed by atoms with Crippen molar-refractivity contribution in [3.05, 3.63) is 65.7 Å². The molecule has 9 heteroatoms. The number of hydrogen-bond donors (Lipinski definition) is 1. The van der Waals surface area contributed by atoms with E-state index in [4.69, 9.17) is 14.6 Å². The number of halogens is 3.